The van der Waals surface area contributed by atoms with Crippen molar-refractivity contribution in [2.45, 2.75) is 25.5 Å². The van der Waals surface area contributed by atoms with Gasteiger partial charge in [0.25, 0.3) is 0 Å². The minimum Gasteiger partial charge on any atom is -0.489 e. The number of carboxylic acids is 1. The molecule has 1 unspecified atom stereocenters. The van der Waals surface area contributed by atoms with E-state index >= 15 is 0 Å². The molecule has 7 heteroatoms. The summed E-state index contributed by atoms with van der Waals surface area (Å²) in [6.45, 7) is 2.26. The van der Waals surface area contributed by atoms with Crippen LogP contribution in [0.5, 0.6) is 5.75 Å². The number of aromatic nitrogens is 2. The summed E-state index contributed by atoms with van der Waals surface area (Å²) < 4.78 is 20.8. The zero-order valence-electron chi connectivity index (χ0n) is 14.6. The summed E-state index contributed by atoms with van der Waals surface area (Å²) in [6.07, 6.45) is 0. The van der Waals surface area contributed by atoms with Crippen LogP contribution in [0, 0.1) is 12.7 Å². The van der Waals surface area contributed by atoms with E-state index in [-0.39, 0.29) is 23.5 Å². The highest BCUT2D eigenvalue weighted by Crippen LogP contribution is 2.25. The minimum atomic E-state index is -1.07. The molecular formula is C20H18ClFN2O3. The highest BCUT2D eigenvalue weighted by molar-refractivity contribution is 6.20. The van der Waals surface area contributed by atoms with Crippen molar-refractivity contribution >= 4 is 17.6 Å². The number of alkyl halides is 1. The third-order valence-electron chi connectivity index (χ3n) is 4.13. The van der Waals surface area contributed by atoms with E-state index in [9.17, 15) is 9.18 Å². The highest BCUT2D eigenvalue weighted by atomic mass is 35.5. The van der Waals surface area contributed by atoms with Gasteiger partial charge in [-0.3, -0.25) is 4.68 Å². The van der Waals surface area contributed by atoms with Gasteiger partial charge in [0, 0.05) is 11.3 Å². The van der Waals surface area contributed by atoms with Crippen LogP contribution in [0.4, 0.5) is 4.39 Å². The first-order valence-electron chi connectivity index (χ1n) is 8.32. The van der Waals surface area contributed by atoms with Gasteiger partial charge in [0.15, 0.2) is 5.69 Å². The Balaban J connectivity index is 1.62. The molecule has 0 amide bonds. The molecule has 1 atom stereocenters. The van der Waals surface area contributed by atoms with Crippen molar-refractivity contribution in [3.8, 4) is 5.75 Å². The quantitative estimate of drug-likeness (QED) is 0.601. The summed E-state index contributed by atoms with van der Waals surface area (Å²) >= 11 is 6.45. The molecule has 140 valence electrons. The molecule has 5 nitrogen and oxygen atoms in total. The molecule has 0 aliphatic heterocycles. The van der Waals surface area contributed by atoms with Gasteiger partial charge in [-0.05, 0) is 36.8 Å². The molecule has 2 aromatic carbocycles. The largest absolute Gasteiger partial charge is 0.489 e. The van der Waals surface area contributed by atoms with Crippen LogP contribution < -0.4 is 4.74 Å². The summed E-state index contributed by atoms with van der Waals surface area (Å²) in [6, 6.07) is 15.2. The predicted octanol–water partition coefficient (Wildman–Crippen LogP) is 4.59. The lowest BCUT2D eigenvalue weighted by molar-refractivity contribution is 0.0689. The third-order valence-corrected chi connectivity index (χ3v) is 4.52. The standard InChI is InChI=1S/C20H18ClFN2O3/c1-13-10-19(20(25)26)23-24(13)11-17(21)14-6-8-16(9-7-14)27-12-15-4-2-3-5-18(15)22/h2-10,17H,11-12H2,1H3,(H,25,26). The lowest BCUT2D eigenvalue weighted by Gasteiger charge is -2.13. The van der Waals surface area contributed by atoms with Gasteiger partial charge >= 0.3 is 5.97 Å². The fourth-order valence-corrected chi connectivity index (χ4v) is 2.88. The average molecular weight is 389 g/mol. The Hall–Kier alpha value is -2.86. The smallest absolute Gasteiger partial charge is 0.356 e. The van der Waals surface area contributed by atoms with Crippen molar-refractivity contribution in [1.82, 2.24) is 9.78 Å². The van der Waals surface area contributed by atoms with Crippen LogP contribution in [0.25, 0.3) is 0 Å². The first-order chi connectivity index (χ1) is 12.9. The molecular weight excluding hydrogens is 371 g/mol. The lowest BCUT2D eigenvalue weighted by Crippen LogP contribution is -2.09. The molecule has 0 fully saturated rings. The van der Waals surface area contributed by atoms with Gasteiger partial charge in [-0.15, -0.1) is 11.6 Å². The molecule has 0 saturated heterocycles. The van der Waals surface area contributed by atoms with E-state index in [2.05, 4.69) is 5.10 Å². The summed E-state index contributed by atoms with van der Waals surface area (Å²) in [4.78, 5) is 11.0. The highest BCUT2D eigenvalue weighted by Gasteiger charge is 2.15. The molecule has 0 aliphatic carbocycles. The lowest BCUT2D eigenvalue weighted by atomic mass is 10.1. The van der Waals surface area contributed by atoms with E-state index in [0.717, 1.165) is 11.3 Å². The maximum Gasteiger partial charge on any atom is 0.356 e. The van der Waals surface area contributed by atoms with Crippen molar-refractivity contribution in [2.75, 3.05) is 0 Å². The number of ether oxygens (including phenoxy) is 1. The van der Waals surface area contributed by atoms with Crippen molar-refractivity contribution < 1.29 is 19.0 Å². The maximum absolute atomic E-state index is 13.6. The molecule has 0 spiro atoms. The van der Waals surface area contributed by atoms with Crippen molar-refractivity contribution in [3.63, 3.8) is 0 Å². The van der Waals surface area contributed by atoms with Crippen molar-refractivity contribution in [2.24, 2.45) is 0 Å². The number of nitrogens with zero attached hydrogens (tertiary/aromatic N) is 2. The van der Waals surface area contributed by atoms with E-state index in [1.807, 2.05) is 12.1 Å². The number of aryl methyl sites for hydroxylation is 1. The Morgan fingerprint density at radius 1 is 1.26 bits per heavy atom. The molecule has 27 heavy (non-hydrogen) atoms. The summed E-state index contributed by atoms with van der Waals surface area (Å²) in [5.74, 6) is -0.765. The molecule has 0 saturated carbocycles. The Morgan fingerprint density at radius 2 is 1.96 bits per heavy atom. The van der Waals surface area contributed by atoms with Crippen LogP contribution in [-0.4, -0.2) is 20.9 Å². The van der Waals surface area contributed by atoms with Crippen LogP contribution in [0.3, 0.4) is 0 Å². The van der Waals surface area contributed by atoms with Crippen LogP contribution in [0.15, 0.2) is 54.6 Å². The van der Waals surface area contributed by atoms with Gasteiger partial charge in [0.05, 0.1) is 11.9 Å². The number of halogens is 2. The number of aromatic carboxylic acids is 1. The second-order valence-corrected chi connectivity index (χ2v) is 6.60. The number of hydrogen-bond donors (Lipinski definition) is 1. The normalized spacial score (nSPS) is 12.0. The maximum atomic E-state index is 13.6. The van der Waals surface area contributed by atoms with Gasteiger partial charge in [-0.25, -0.2) is 9.18 Å². The Bertz CT molecular complexity index is 941. The zero-order valence-corrected chi connectivity index (χ0v) is 15.4. The second-order valence-electron chi connectivity index (χ2n) is 6.07. The molecule has 0 radical (unpaired) electrons. The van der Waals surface area contributed by atoms with Crippen molar-refractivity contribution in [1.29, 1.82) is 0 Å². The molecule has 1 heterocycles. The molecule has 1 N–H and O–H groups in total. The topological polar surface area (TPSA) is 64.3 Å². The van der Waals surface area contributed by atoms with Gasteiger partial charge < -0.3 is 9.84 Å². The monoisotopic (exact) mass is 388 g/mol. The fourth-order valence-electron chi connectivity index (χ4n) is 2.61. The summed E-state index contributed by atoms with van der Waals surface area (Å²) in [5.41, 5.74) is 2.05. The Kier molecular flexibility index (Phi) is 5.76. The van der Waals surface area contributed by atoms with Crippen LogP contribution in [0.1, 0.15) is 32.7 Å². The van der Waals surface area contributed by atoms with Crippen molar-refractivity contribution in [3.05, 3.63) is 82.9 Å². The van der Waals surface area contributed by atoms with E-state index < -0.39 is 5.97 Å². The second kappa shape index (κ2) is 8.22. The van der Waals surface area contributed by atoms with Gasteiger partial charge in [-0.1, -0.05) is 30.3 Å². The first-order valence-corrected chi connectivity index (χ1v) is 8.75. The minimum absolute atomic E-state index is 0.00624. The van der Waals surface area contributed by atoms with Gasteiger partial charge in [0.2, 0.25) is 0 Å². The average Bonchev–Trinajstić information content (AvgIpc) is 3.02. The summed E-state index contributed by atoms with van der Waals surface area (Å²) in [7, 11) is 0. The molecule has 0 aliphatic rings. The molecule has 3 rings (SSSR count). The predicted molar refractivity (Wildman–Crippen MR) is 99.7 cm³/mol. The number of rotatable bonds is 7. The third kappa shape index (κ3) is 4.65. The number of carboxylic acid groups (broad SMARTS) is 1. The van der Waals surface area contributed by atoms with E-state index in [0.29, 0.717) is 17.9 Å². The van der Waals surface area contributed by atoms with E-state index in [1.165, 1.54) is 12.1 Å². The van der Waals surface area contributed by atoms with Crippen LogP contribution in [-0.2, 0) is 13.2 Å². The van der Waals surface area contributed by atoms with Gasteiger partial charge in [0.1, 0.15) is 18.2 Å². The zero-order chi connectivity index (χ0) is 19.4. The Labute approximate surface area is 161 Å². The number of carbonyl (C=O) groups is 1. The number of benzene rings is 2. The Morgan fingerprint density at radius 3 is 2.59 bits per heavy atom. The van der Waals surface area contributed by atoms with E-state index in [1.54, 1.807) is 41.9 Å². The molecule has 1 aromatic heterocycles. The molecule has 3 aromatic rings. The van der Waals surface area contributed by atoms with E-state index in [4.69, 9.17) is 21.4 Å². The van der Waals surface area contributed by atoms with Gasteiger partial charge in [-0.2, -0.15) is 5.10 Å². The van der Waals surface area contributed by atoms with Crippen LogP contribution >= 0.6 is 11.6 Å². The van der Waals surface area contributed by atoms with Crippen LogP contribution in [0.2, 0.25) is 0 Å². The molecule has 0 bridgehead atoms. The first kappa shape index (κ1) is 18.9. The fraction of sp³-hybridized carbons (Fsp3) is 0.200. The number of hydrogen-bond acceptors (Lipinski definition) is 3. The summed E-state index contributed by atoms with van der Waals surface area (Å²) in [5, 5.41) is 12.7. The SMILES string of the molecule is Cc1cc(C(=O)O)nn1CC(Cl)c1ccc(OCc2ccccc2F)cc1.